The lowest BCUT2D eigenvalue weighted by molar-refractivity contribution is -0.146. The van der Waals surface area contributed by atoms with E-state index in [1.165, 1.54) is 7.11 Å². The Kier molecular flexibility index (Phi) is 4.24. The Morgan fingerprint density at radius 3 is 2.89 bits per heavy atom. The lowest BCUT2D eigenvalue weighted by atomic mass is 9.98. The summed E-state index contributed by atoms with van der Waals surface area (Å²) in [5.74, 6) is 0.537. The molecule has 1 atom stereocenters. The third-order valence-electron chi connectivity index (χ3n) is 3.46. The summed E-state index contributed by atoms with van der Waals surface area (Å²) in [6, 6.07) is 3.51. The zero-order chi connectivity index (χ0) is 13.8. The van der Waals surface area contributed by atoms with Crippen LogP contribution in [-0.4, -0.2) is 37.0 Å². The van der Waals surface area contributed by atoms with Crippen LogP contribution in [0, 0.1) is 5.92 Å². The van der Waals surface area contributed by atoms with E-state index >= 15 is 0 Å². The third kappa shape index (κ3) is 2.97. The molecular formula is C14H19NO4. The number of hydrogen-bond donors (Lipinski definition) is 0. The van der Waals surface area contributed by atoms with Crippen molar-refractivity contribution in [2.75, 3.05) is 20.2 Å². The topological polar surface area (TPSA) is 59.8 Å². The number of carbonyl (C=O) groups excluding carboxylic acids is 2. The van der Waals surface area contributed by atoms with Crippen molar-refractivity contribution in [2.24, 2.45) is 5.92 Å². The number of esters is 1. The summed E-state index contributed by atoms with van der Waals surface area (Å²) in [6.07, 6.45) is 2.35. The van der Waals surface area contributed by atoms with Crippen LogP contribution < -0.4 is 0 Å². The molecular weight excluding hydrogens is 246 g/mol. The van der Waals surface area contributed by atoms with Gasteiger partial charge >= 0.3 is 5.97 Å². The van der Waals surface area contributed by atoms with Crippen LogP contribution in [0.5, 0.6) is 0 Å². The maximum Gasteiger partial charge on any atom is 0.310 e. The Morgan fingerprint density at radius 2 is 2.26 bits per heavy atom. The Hall–Kier alpha value is -1.78. The number of rotatable bonds is 3. The van der Waals surface area contributed by atoms with Crippen molar-refractivity contribution in [3.63, 3.8) is 0 Å². The molecule has 0 bridgehead atoms. The summed E-state index contributed by atoms with van der Waals surface area (Å²) in [7, 11) is 1.38. The first kappa shape index (κ1) is 13.6. The predicted octanol–water partition coefficient (Wildman–Crippen LogP) is 1.87. The van der Waals surface area contributed by atoms with Gasteiger partial charge < -0.3 is 14.1 Å². The van der Waals surface area contributed by atoms with Crippen molar-refractivity contribution in [3.8, 4) is 0 Å². The SMILES string of the molecule is CCc1ccc(C(=O)N2CCCC(C(=O)OC)C2)o1. The van der Waals surface area contributed by atoms with Gasteiger partial charge in [-0.1, -0.05) is 6.92 Å². The van der Waals surface area contributed by atoms with E-state index in [9.17, 15) is 9.59 Å². The normalized spacial score (nSPS) is 19.3. The van der Waals surface area contributed by atoms with Gasteiger partial charge in [0, 0.05) is 19.5 Å². The number of methoxy groups -OCH3 is 1. The van der Waals surface area contributed by atoms with Crippen LogP contribution in [0.4, 0.5) is 0 Å². The fourth-order valence-corrected chi connectivity index (χ4v) is 2.36. The molecule has 2 heterocycles. The van der Waals surface area contributed by atoms with E-state index in [4.69, 9.17) is 9.15 Å². The first-order valence-electron chi connectivity index (χ1n) is 6.61. The molecule has 104 valence electrons. The van der Waals surface area contributed by atoms with Crippen LogP contribution >= 0.6 is 0 Å². The summed E-state index contributed by atoms with van der Waals surface area (Å²) >= 11 is 0. The second-order valence-electron chi connectivity index (χ2n) is 4.73. The second-order valence-corrected chi connectivity index (χ2v) is 4.73. The van der Waals surface area contributed by atoms with E-state index in [0.717, 1.165) is 25.0 Å². The maximum absolute atomic E-state index is 12.3. The molecule has 1 aliphatic rings. The molecule has 0 spiro atoms. The highest BCUT2D eigenvalue weighted by molar-refractivity contribution is 5.92. The highest BCUT2D eigenvalue weighted by Gasteiger charge is 2.30. The fourth-order valence-electron chi connectivity index (χ4n) is 2.36. The third-order valence-corrected chi connectivity index (χ3v) is 3.46. The van der Waals surface area contributed by atoms with E-state index in [1.807, 2.05) is 13.0 Å². The van der Waals surface area contributed by atoms with Crippen LogP contribution in [0.3, 0.4) is 0 Å². The summed E-state index contributed by atoms with van der Waals surface area (Å²) < 4.78 is 10.2. The van der Waals surface area contributed by atoms with Gasteiger partial charge in [0.05, 0.1) is 13.0 Å². The van der Waals surface area contributed by atoms with Gasteiger partial charge in [-0.15, -0.1) is 0 Å². The predicted molar refractivity (Wildman–Crippen MR) is 68.7 cm³/mol. The van der Waals surface area contributed by atoms with Crippen molar-refractivity contribution < 1.29 is 18.7 Å². The van der Waals surface area contributed by atoms with E-state index in [2.05, 4.69) is 0 Å². The Bertz CT molecular complexity index is 466. The fraction of sp³-hybridized carbons (Fsp3) is 0.571. The van der Waals surface area contributed by atoms with E-state index in [-0.39, 0.29) is 17.8 Å². The van der Waals surface area contributed by atoms with Gasteiger partial charge in [0.15, 0.2) is 5.76 Å². The van der Waals surface area contributed by atoms with Crippen LogP contribution in [0.2, 0.25) is 0 Å². The molecule has 1 fully saturated rings. The standard InChI is InChI=1S/C14H19NO4/c1-3-11-6-7-12(19-11)13(16)15-8-4-5-10(9-15)14(17)18-2/h6-7,10H,3-5,8-9H2,1-2H3. The van der Waals surface area contributed by atoms with Crippen LogP contribution in [0.25, 0.3) is 0 Å². The lowest BCUT2D eigenvalue weighted by Gasteiger charge is -2.30. The minimum atomic E-state index is -0.244. The largest absolute Gasteiger partial charge is 0.469 e. The number of furan rings is 1. The van der Waals surface area contributed by atoms with Gasteiger partial charge in [0.25, 0.3) is 5.91 Å². The van der Waals surface area contributed by atoms with Crippen molar-refractivity contribution in [2.45, 2.75) is 26.2 Å². The molecule has 1 unspecified atom stereocenters. The monoisotopic (exact) mass is 265 g/mol. The molecule has 0 N–H and O–H groups in total. The van der Waals surface area contributed by atoms with Gasteiger partial charge in [0.2, 0.25) is 0 Å². The number of amides is 1. The number of carbonyl (C=O) groups is 2. The minimum absolute atomic E-state index is 0.145. The van der Waals surface area contributed by atoms with Gasteiger partial charge in [0.1, 0.15) is 5.76 Å². The van der Waals surface area contributed by atoms with Gasteiger partial charge in [-0.2, -0.15) is 0 Å². The summed E-state index contributed by atoms with van der Waals surface area (Å²) in [5.41, 5.74) is 0. The quantitative estimate of drug-likeness (QED) is 0.783. The Morgan fingerprint density at radius 1 is 1.47 bits per heavy atom. The molecule has 5 heteroatoms. The number of piperidine rings is 1. The number of hydrogen-bond acceptors (Lipinski definition) is 4. The zero-order valence-electron chi connectivity index (χ0n) is 11.3. The average Bonchev–Trinajstić information content (AvgIpc) is 2.94. The zero-order valence-corrected chi connectivity index (χ0v) is 11.3. The molecule has 1 amide bonds. The highest BCUT2D eigenvalue weighted by Crippen LogP contribution is 2.20. The molecule has 0 aromatic carbocycles. The van der Waals surface area contributed by atoms with E-state index in [1.54, 1.807) is 11.0 Å². The molecule has 1 aromatic heterocycles. The number of ether oxygens (including phenoxy) is 1. The van der Waals surface area contributed by atoms with Crippen LogP contribution in [0.15, 0.2) is 16.5 Å². The molecule has 1 aromatic rings. The summed E-state index contributed by atoms with van der Waals surface area (Å²) in [4.78, 5) is 25.5. The molecule has 19 heavy (non-hydrogen) atoms. The van der Waals surface area contributed by atoms with Crippen molar-refractivity contribution in [1.82, 2.24) is 4.90 Å². The highest BCUT2D eigenvalue weighted by atomic mass is 16.5. The first-order valence-corrected chi connectivity index (χ1v) is 6.61. The lowest BCUT2D eigenvalue weighted by Crippen LogP contribution is -2.42. The van der Waals surface area contributed by atoms with Crippen molar-refractivity contribution >= 4 is 11.9 Å². The van der Waals surface area contributed by atoms with E-state index < -0.39 is 0 Å². The van der Waals surface area contributed by atoms with Crippen LogP contribution in [-0.2, 0) is 16.0 Å². The Balaban J connectivity index is 2.04. The van der Waals surface area contributed by atoms with Crippen LogP contribution in [0.1, 0.15) is 36.1 Å². The average molecular weight is 265 g/mol. The molecule has 5 nitrogen and oxygen atoms in total. The molecule has 0 saturated carbocycles. The second kappa shape index (κ2) is 5.91. The van der Waals surface area contributed by atoms with Gasteiger partial charge in [-0.3, -0.25) is 9.59 Å². The van der Waals surface area contributed by atoms with Gasteiger partial charge in [-0.05, 0) is 25.0 Å². The van der Waals surface area contributed by atoms with Gasteiger partial charge in [-0.25, -0.2) is 0 Å². The molecule has 1 saturated heterocycles. The van der Waals surface area contributed by atoms with E-state index in [0.29, 0.717) is 18.8 Å². The number of likely N-dealkylation sites (tertiary alicyclic amines) is 1. The molecule has 1 aliphatic heterocycles. The minimum Gasteiger partial charge on any atom is -0.469 e. The molecule has 0 radical (unpaired) electrons. The number of nitrogens with zero attached hydrogens (tertiary/aromatic N) is 1. The molecule has 0 aliphatic carbocycles. The summed E-state index contributed by atoms with van der Waals surface area (Å²) in [5, 5.41) is 0. The van der Waals surface area contributed by atoms with Crippen molar-refractivity contribution in [3.05, 3.63) is 23.7 Å². The summed E-state index contributed by atoms with van der Waals surface area (Å²) in [6.45, 7) is 3.05. The smallest absolute Gasteiger partial charge is 0.310 e. The first-order chi connectivity index (χ1) is 9.15. The Labute approximate surface area is 112 Å². The maximum atomic E-state index is 12.3. The van der Waals surface area contributed by atoms with Crippen molar-refractivity contribution in [1.29, 1.82) is 0 Å². The number of aryl methyl sites for hydroxylation is 1. The molecule has 2 rings (SSSR count).